The average Bonchev–Trinajstić information content (AvgIpc) is 2.54. The molecule has 2 aromatic carbocycles. The van der Waals surface area contributed by atoms with Crippen LogP contribution < -0.4 is 9.46 Å². The van der Waals surface area contributed by atoms with E-state index in [0.29, 0.717) is 6.61 Å². The second kappa shape index (κ2) is 7.62. The molecule has 0 unspecified atom stereocenters. The zero-order valence-electron chi connectivity index (χ0n) is 13.8. The lowest BCUT2D eigenvalue weighted by molar-refractivity contribution is 0.320. The summed E-state index contributed by atoms with van der Waals surface area (Å²) in [6.45, 7) is 6.44. The van der Waals surface area contributed by atoms with Crippen molar-refractivity contribution in [3.63, 3.8) is 0 Å². The van der Waals surface area contributed by atoms with Gasteiger partial charge in [-0.05, 0) is 55.2 Å². The molecule has 2 rings (SSSR count). The predicted molar refractivity (Wildman–Crippen MR) is 92.4 cm³/mol. The van der Waals surface area contributed by atoms with Crippen LogP contribution in [0.4, 0.5) is 0 Å². The molecule has 0 aliphatic carbocycles. The minimum absolute atomic E-state index is 0.229. The quantitative estimate of drug-likeness (QED) is 0.792. The summed E-state index contributed by atoms with van der Waals surface area (Å²) in [6, 6.07) is 12.9. The van der Waals surface area contributed by atoms with Gasteiger partial charge in [0.2, 0.25) is 10.0 Å². The summed E-state index contributed by atoms with van der Waals surface area (Å²) in [4.78, 5) is 0.287. The van der Waals surface area contributed by atoms with Gasteiger partial charge in [0.15, 0.2) is 0 Å². The third-order valence-electron chi connectivity index (χ3n) is 3.79. The molecular formula is C18H23NO3S. The Balaban J connectivity index is 1.93. The van der Waals surface area contributed by atoms with Crippen molar-refractivity contribution in [1.82, 2.24) is 4.72 Å². The van der Waals surface area contributed by atoms with Crippen LogP contribution >= 0.6 is 0 Å². The second-order valence-electron chi connectivity index (χ2n) is 5.45. The fraction of sp³-hybridized carbons (Fsp3) is 0.333. The molecule has 0 aliphatic heterocycles. The number of hydrogen-bond acceptors (Lipinski definition) is 3. The van der Waals surface area contributed by atoms with Gasteiger partial charge in [-0.1, -0.05) is 31.2 Å². The molecule has 0 saturated carbocycles. The Morgan fingerprint density at radius 3 is 2.48 bits per heavy atom. The van der Waals surface area contributed by atoms with Crippen LogP contribution in [0.2, 0.25) is 0 Å². The van der Waals surface area contributed by atoms with Crippen LogP contribution in [0, 0.1) is 13.8 Å². The molecule has 0 atom stereocenters. The summed E-state index contributed by atoms with van der Waals surface area (Å²) < 4.78 is 32.8. The predicted octanol–water partition coefficient (Wildman–Crippen LogP) is 3.22. The zero-order chi connectivity index (χ0) is 16.9. The summed E-state index contributed by atoms with van der Waals surface area (Å²) >= 11 is 0. The minimum Gasteiger partial charge on any atom is -0.492 e. The van der Waals surface area contributed by atoms with E-state index in [0.717, 1.165) is 28.9 Å². The highest BCUT2D eigenvalue weighted by Gasteiger charge is 2.14. The van der Waals surface area contributed by atoms with Crippen molar-refractivity contribution in [2.24, 2.45) is 0 Å². The SMILES string of the molecule is CCc1ccccc1OCCNS(=O)(=O)c1ccc(C)c(C)c1. The maximum absolute atomic E-state index is 12.3. The van der Waals surface area contributed by atoms with E-state index in [1.807, 2.05) is 44.2 Å². The molecule has 0 bridgehead atoms. The Hall–Kier alpha value is -1.85. The summed E-state index contributed by atoms with van der Waals surface area (Å²) in [6.07, 6.45) is 0.880. The van der Waals surface area contributed by atoms with Gasteiger partial charge in [-0.25, -0.2) is 13.1 Å². The van der Waals surface area contributed by atoms with E-state index >= 15 is 0 Å². The fourth-order valence-electron chi connectivity index (χ4n) is 2.24. The highest BCUT2D eigenvalue weighted by molar-refractivity contribution is 7.89. The Morgan fingerprint density at radius 2 is 1.78 bits per heavy atom. The number of sulfonamides is 1. The maximum Gasteiger partial charge on any atom is 0.240 e. The summed E-state index contributed by atoms with van der Waals surface area (Å²) in [5.41, 5.74) is 3.15. The zero-order valence-corrected chi connectivity index (χ0v) is 14.6. The molecule has 0 fully saturated rings. The van der Waals surface area contributed by atoms with Crippen LogP contribution in [0.5, 0.6) is 5.75 Å². The van der Waals surface area contributed by atoms with Gasteiger partial charge >= 0.3 is 0 Å². The monoisotopic (exact) mass is 333 g/mol. The number of nitrogens with one attached hydrogen (secondary N) is 1. The van der Waals surface area contributed by atoms with Crippen molar-refractivity contribution in [3.8, 4) is 5.75 Å². The lowest BCUT2D eigenvalue weighted by Crippen LogP contribution is -2.28. The molecule has 0 spiro atoms. The first kappa shape index (κ1) is 17.5. The van der Waals surface area contributed by atoms with Crippen LogP contribution in [0.15, 0.2) is 47.4 Å². The summed E-state index contributed by atoms with van der Waals surface area (Å²) in [5.74, 6) is 0.806. The molecule has 0 amide bonds. The number of rotatable bonds is 7. The fourth-order valence-corrected chi connectivity index (χ4v) is 3.34. The smallest absolute Gasteiger partial charge is 0.240 e. The van der Waals surface area contributed by atoms with Crippen molar-refractivity contribution in [2.75, 3.05) is 13.2 Å². The molecular weight excluding hydrogens is 310 g/mol. The first-order valence-electron chi connectivity index (χ1n) is 7.71. The average molecular weight is 333 g/mol. The number of hydrogen-bond donors (Lipinski definition) is 1. The van der Waals surface area contributed by atoms with Gasteiger partial charge in [-0.2, -0.15) is 0 Å². The van der Waals surface area contributed by atoms with Gasteiger partial charge < -0.3 is 4.74 Å². The van der Waals surface area contributed by atoms with Crippen molar-refractivity contribution in [3.05, 3.63) is 59.2 Å². The lowest BCUT2D eigenvalue weighted by atomic mass is 10.1. The molecule has 4 nitrogen and oxygen atoms in total. The van der Waals surface area contributed by atoms with Crippen LogP contribution in [-0.2, 0) is 16.4 Å². The van der Waals surface area contributed by atoms with Crippen molar-refractivity contribution in [2.45, 2.75) is 32.1 Å². The molecule has 0 aromatic heterocycles. The summed E-state index contributed by atoms with van der Waals surface area (Å²) in [7, 11) is -3.50. The van der Waals surface area contributed by atoms with E-state index in [1.54, 1.807) is 12.1 Å². The van der Waals surface area contributed by atoms with Crippen LogP contribution in [-0.4, -0.2) is 21.6 Å². The number of ether oxygens (including phenoxy) is 1. The Bertz CT molecular complexity index is 770. The van der Waals surface area contributed by atoms with E-state index in [4.69, 9.17) is 4.74 Å². The Labute approximate surface area is 138 Å². The van der Waals surface area contributed by atoms with Gasteiger partial charge in [0.1, 0.15) is 12.4 Å². The van der Waals surface area contributed by atoms with Gasteiger partial charge in [0.05, 0.1) is 4.90 Å². The van der Waals surface area contributed by atoms with Crippen molar-refractivity contribution in [1.29, 1.82) is 0 Å². The second-order valence-corrected chi connectivity index (χ2v) is 7.22. The van der Waals surface area contributed by atoms with Crippen molar-refractivity contribution >= 4 is 10.0 Å². The van der Waals surface area contributed by atoms with E-state index in [2.05, 4.69) is 11.6 Å². The molecule has 124 valence electrons. The van der Waals surface area contributed by atoms with E-state index in [-0.39, 0.29) is 11.4 Å². The lowest BCUT2D eigenvalue weighted by Gasteiger charge is -2.11. The van der Waals surface area contributed by atoms with E-state index < -0.39 is 10.0 Å². The molecule has 0 saturated heterocycles. The number of aryl methyl sites for hydroxylation is 3. The minimum atomic E-state index is -3.50. The molecule has 1 N–H and O–H groups in total. The largest absolute Gasteiger partial charge is 0.492 e. The van der Waals surface area contributed by atoms with E-state index in [9.17, 15) is 8.42 Å². The first-order chi connectivity index (χ1) is 10.9. The molecule has 2 aromatic rings. The first-order valence-corrected chi connectivity index (χ1v) is 9.20. The topological polar surface area (TPSA) is 55.4 Å². The number of benzene rings is 2. The molecule has 0 aliphatic rings. The molecule has 5 heteroatoms. The summed E-state index contributed by atoms with van der Waals surface area (Å²) in [5, 5.41) is 0. The maximum atomic E-state index is 12.3. The normalized spacial score (nSPS) is 11.4. The van der Waals surface area contributed by atoms with Crippen LogP contribution in [0.3, 0.4) is 0 Å². The van der Waals surface area contributed by atoms with Crippen LogP contribution in [0.25, 0.3) is 0 Å². The molecule has 0 heterocycles. The van der Waals surface area contributed by atoms with Crippen molar-refractivity contribution < 1.29 is 13.2 Å². The number of para-hydroxylation sites is 1. The van der Waals surface area contributed by atoms with E-state index in [1.165, 1.54) is 0 Å². The van der Waals surface area contributed by atoms with Gasteiger partial charge in [-0.3, -0.25) is 0 Å². The third-order valence-corrected chi connectivity index (χ3v) is 5.25. The highest BCUT2D eigenvalue weighted by Crippen LogP contribution is 2.18. The van der Waals surface area contributed by atoms with Gasteiger partial charge in [0.25, 0.3) is 0 Å². The molecule has 23 heavy (non-hydrogen) atoms. The molecule has 0 radical (unpaired) electrons. The Kier molecular flexibility index (Phi) is 5.80. The third kappa shape index (κ3) is 4.56. The highest BCUT2D eigenvalue weighted by atomic mass is 32.2. The Morgan fingerprint density at radius 1 is 1.04 bits per heavy atom. The van der Waals surface area contributed by atoms with Gasteiger partial charge in [0, 0.05) is 6.54 Å². The van der Waals surface area contributed by atoms with Crippen LogP contribution in [0.1, 0.15) is 23.6 Å². The standard InChI is InChI=1S/C18H23NO3S/c1-4-16-7-5-6-8-18(16)22-12-11-19-23(20,21)17-10-9-14(2)15(3)13-17/h5-10,13,19H,4,11-12H2,1-3H3. The van der Waals surface area contributed by atoms with Gasteiger partial charge in [-0.15, -0.1) is 0 Å².